The van der Waals surface area contributed by atoms with Crippen LogP contribution in [-0.4, -0.2) is 17.5 Å². The van der Waals surface area contributed by atoms with Crippen LogP contribution in [0.25, 0.3) is 0 Å². The zero-order valence-corrected chi connectivity index (χ0v) is 9.85. The van der Waals surface area contributed by atoms with Crippen molar-refractivity contribution in [3.63, 3.8) is 0 Å². The van der Waals surface area contributed by atoms with Gasteiger partial charge in [0.05, 0.1) is 5.33 Å². The number of alkyl halides is 4. The summed E-state index contributed by atoms with van der Waals surface area (Å²) < 4.78 is 39.7. The van der Waals surface area contributed by atoms with E-state index in [1.54, 1.807) is 6.92 Å². The van der Waals surface area contributed by atoms with Gasteiger partial charge >= 0.3 is 6.36 Å². The predicted molar refractivity (Wildman–Crippen MR) is 56.0 cm³/mol. The van der Waals surface area contributed by atoms with Crippen LogP contribution in [0.2, 0.25) is 0 Å². The number of Topliss-reactive ketones (excluding diaryl/α,β-unsaturated/α-hetero) is 1. The summed E-state index contributed by atoms with van der Waals surface area (Å²) in [6, 6.07) is 3.80. The normalized spacial score (nSPS) is 11.3. The lowest BCUT2D eigenvalue weighted by molar-refractivity contribution is -0.274. The lowest BCUT2D eigenvalue weighted by Crippen LogP contribution is -2.17. The summed E-state index contributed by atoms with van der Waals surface area (Å²) in [5.41, 5.74) is 0.724. The largest absolute Gasteiger partial charge is 0.573 e. The molecule has 1 aromatic carbocycles. The third-order valence-corrected chi connectivity index (χ3v) is 2.24. The van der Waals surface area contributed by atoms with Crippen molar-refractivity contribution in [1.82, 2.24) is 0 Å². The third-order valence-electron chi connectivity index (χ3n) is 1.73. The van der Waals surface area contributed by atoms with Crippen LogP contribution in [0.1, 0.15) is 15.9 Å². The smallest absolute Gasteiger partial charge is 0.406 e. The lowest BCUT2D eigenvalue weighted by Gasteiger charge is -2.10. The van der Waals surface area contributed by atoms with E-state index in [4.69, 9.17) is 0 Å². The minimum atomic E-state index is -4.75. The van der Waals surface area contributed by atoms with E-state index in [-0.39, 0.29) is 22.4 Å². The van der Waals surface area contributed by atoms with Gasteiger partial charge < -0.3 is 4.74 Å². The Labute approximate surface area is 98.5 Å². The van der Waals surface area contributed by atoms with Gasteiger partial charge in [0.2, 0.25) is 0 Å². The Balaban J connectivity index is 3.03. The number of carbonyl (C=O) groups is 1. The Morgan fingerprint density at radius 3 is 2.50 bits per heavy atom. The second-order valence-electron chi connectivity index (χ2n) is 3.14. The number of rotatable bonds is 3. The summed E-state index contributed by atoms with van der Waals surface area (Å²) >= 11 is 2.95. The van der Waals surface area contributed by atoms with Crippen molar-refractivity contribution in [2.75, 3.05) is 5.33 Å². The molecule has 0 atom stereocenters. The molecule has 0 fully saturated rings. The van der Waals surface area contributed by atoms with Crippen molar-refractivity contribution >= 4 is 21.7 Å². The van der Waals surface area contributed by atoms with Crippen LogP contribution in [0.4, 0.5) is 13.2 Å². The molecule has 1 aromatic rings. The Kier molecular flexibility index (Phi) is 3.96. The van der Waals surface area contributed by atoms with Gasteiger partial charge in [-0.25, -0.2) is 0 Å². The van der Waals surface area contributed by atoms with Gasteiger partial charge in [0.15, 0.2) is 5.78 Å². The molecule has 0 amide bonds. The van der Waals surface area contributed by atoms with E-state index in [0.717, 1.165) is 6.07 Å². The predicted octanol–water partition coefficient (Wildman–Crippen LogP) is 3.47. The van der Waals surface area contributed by atoms with E-state index in [1.807, 2.05) is 0 Å². The number of ether oxygens (including phenoxy) is 1. The molecule has 6 heteroatoms. The SMILES string of the molecule is Cc1cc(OC(F)(F)F)cc(C(=O)CBr)c1. The second kappa shape index (κ2) is 4.86. The second-order valence-corrected chi connectivity index (χ2v) is 3.70. The van der Waals surface area contributed by atoms with Gasteiger partial charge in [-0.3, -0.25) is 4.79 Å². The zero-order chi connectivity index (χ0) is 12.3. The van der Waals surface area contributed by atoms with Gasteiger partial charge in [0.25, 0.3) is 0 Å². The van der Waals surface area contributed by atoms with E-state index >= 15 is 0 Å². The van der Waals surface area contributed by atoms with Crippen molar-refractivity contribution < 1.29 is 22.7 Å². The van der Waals surface area contributed by atoms with Gasteiger partial charge in [-0.15, -0.1) is 13.2 Å². The van der Waals surface area contributed by atoms with Crippen molar-refractivity contribution in [3.05, 3.63) is 29.3 Å². The molecule has 0 aliphatic rings. The number of aryl methyl sites for hydroxylation is 1. The molecule has 0 aromatic heterocycles. The monoisotopic (exact) mass is 296 g/mol. The number of ketones is 1. The summed E-state index contributed by atoms with van der Waals surface area (Å²) in [7, 11) is 0. The number of halogens is 4. The maximum Gasteiger partial charge on any atom is 0.573 e. The van der Waals surface area contributed by atoms with Gasteiger partial charge in [-0.2, -0.15) is 0 Å². The Bertz CT molecular complexity index is 402. The Hall–Kier alpha value is -1.04. The molecule has 0 aliphatic heterocycles. The summed E-state index contributed by atoms with van der Waals surface area (Å²) in [5, 5.41) is 0.0575. The fourth-order valence-electron chi connectivity index (χ4n) is 1.18. The first-order valence-electron chi connectivity index (χ1n) is 4.28. The highest BCUT2D eigenvalue weighted by Crippen LogP contribution is 2.25. The van der Waals surface area contributed by atoms with E-state index < -0.39 is 6.36 Å². The van der Waals surface area contributed by atoms with Crippen LogP contribution in [-0.2, 0) is 0 Å². The molecule has 0 radical (unpaired) electrons. The van der Waals surface area contributed by atoms with Gasteiger partial charge in [-0.1, -0.05) is 15.9 Å². The van der Waals surface area contributed by atoms with Crippen LogP contribution in [0.5, 0.6) is 5.75 Å². The quantitative estimate of drug-likeness (QED) is 0.631. The highest BCUT2D eigenvalue weighted by Gasteiger charge is 2.31. The van der Waals surface area contributed by atoms with Gasteiger partial charge in [-0.05, 0) is 30.7 Å². The highest BCUT2D eigenvalue weighted by atomic mass is 79.9. The van der Waals surface area contributed by atoms with Gasteiger partial charge in [0, 0.05) is 5.56 Å². The Morgan fingerprint density at radius 1 is 1.38 bits per heavy atom. The average molecular weight is 297 g/mol. The minimum Gasteiger partial charge on any atom is -0.406 e. The fourth-order valence-corrected chi connectivity index (χ4v) is 1.50. The summed E-state index contributed by atoms with van der Waals surface area (Å²) in [5.74, 6) is -0.674. The number of carbonyl (C=O) groups excluding carboxylic acids is 1. The fraction of sp³-hybridized carbons (Fsp3) is 0.300. The van der Waals surface area contributed by atoms with Crippen LogP contribution in [0.15, 0.2) is 18.2 Å². The zero-order valence-electron chi connectivity index (χ0n) is 8.27. The average Bonchev–Trinajstić information content (AvgIpc) is 2.12. The Morgan fingerprint density at radius 2 is 2.00 bits per heavy atom. The molecule has 0 N–H and O–H groups in total. The first-order chi connectivity index (χ1) is 7.31. The molecule has 88 valence electrons. The van der Waals surface area contributed by atoms with Crippen molar-refractivity contribution in [1.29, 1.82) is 0 Å². The first kappa shape index (κ1) is 13.0. The topological polar surface area (TPSA) is 26.3 Å². The maximum atomic E-state index is 12.0. The van der Waals surface area contributed by atoms with Crippen LogP contribution >= 0.6 is 15.9 Å². The van der Waals surface area contributed by atoms with Crippen LogP contribution < -0.4 is 4.74 Å². The molecular weight excluding hydrogens is 289 g/mol. The van der Waals surface area contributed by atoms with E-state index in [9.17, 15) is 18.0 Å². The van der Waals surface area contributed by atoms with Crippen LogP contribution in [0.3, 0.4) is 0 Å². The lowest BCUT2D eigenvalue weighted by atomic mass is 10.1. The molecule has 0 unspecified atom stereocenters. The minimum absolute atomic E-state index is 0.0575. The van der Waals surface area contributed by atoms with Crippen molar-refractivity contribution in [3.8, 4) is 5.75 Å². The van der Waals surface area contributed by atoms with E-state index in [1.165, 1.54) is 12.1 Å². The molecular formula is C10H8BrF3O2. The molecule has 16 heavy (non-hydrogen) atoms. The molecule has 0 bridgehead atoms. The molecule has 0 heterocycles. The van der Waals surface area contributed by atoms with Crippen molar-refractivity contribution in [2.45, 2.75) is 13.3 Å². The molecule has 1 rings (SSSR count). The number of hydrogen-bond acceptors (Lipinski definition) is 2. The number of benzene rings is 1. The summed E-state index contributed by atoms with van der Waals surface area (Å²) in [6.07, 6.45) is -4.75. The molecule has 2 nitrogen and oxygen atoms in total. The maximum absolute atomic E-state index is 12.0. The molecule has 0 saturated carbocycles. The molecule has 0 aliphatic carbocycles. The highest BCUT2D eigenvalue weighted by molar-refractivity contribution is 9.09. The van der Waals surface area contributed by atoms with Crippen molar-refractivity contribution in [2.24, 2.45) is 0 Å². The molecule has 0 saturated heterocycles. The summed E-state index contributed by atoms with van der Waals surface area (Å²) in [6.45, 7) is 1.59. The first-order valence-corrected chi connectivity index (χ1v) is 5.40. The van der Waals surface area contributed by atoms with Crippen LogP contribution in [0, 0.1) is 6.92 Å². The number of hydrogen-bond donors (Lipinski definition) is 0. The van der Waals surface area contributed by atoms with E-state index in [0.29, 0.717) is 5.56 Å². The van der Waals surface area contributed by atoms with E-state index in [2.05, 4.69) is 20.7 Å². The van der Waals surface area contributed by atoms with Gasteiger partial charge in [0.1, 0.15) is 5.75 Å². The summed E-state index contributed by atoms with van der Waals surface area (Å²) in [4.78, 5) is 11.3. The standard InChI is InChI=1S/C10H8BrF3O2/c1-6-2-7(9(15)5-11)4-8(3-6)16-10(12,13)14/h2-4H,5H2,1H3. The molecule has 0 spiro atoms. The third kappa shape index (κ3) is 3.84.